The van der Waals surface area contributed by atoms with E-state index in [1.165, 1.54) is 5.56 Å². The van der Waals surface area contributed by atoms with E-state index < -0.39 is 0 Å². The molecule has 3 nitrogen and oxygen atoms in total. The Bertz CT molecular complexity index is 342. The molecule has 0 radical (unpaired) electrons. The summed E-state index contributed by atoms with van der Waals surface area (Å²) in [6.45, 7) is 2.05. The van der Waals surface area contributed by atoms with Gasteiger partial charge in [-0.3, -0.25) is 0 Å². The lowest BCUT2D eigenvalue weighted by molar-refractivity contribution is 0.569. The van der Waals surface area contributed by atoms with Crippen molar-refractivity contribution in [2.75, 3.05) is 0 Å². The van der Waals surface area contributed by atoms with E-state index in [1.54, 1.807) is 0 Å². The predicted molar refractivity (Wildman–Crippen MR) is 56.5 cm³/mol. The SMILES string of the molecule is CC1(CCc2ccccc2)C=NN=N1. The molecule has 0 N–H and O–H groups in total. The van der Waals surface area contributed by atoms with Crippen molar-refractivity contribution < 1.29 is 0 Å². The molecule has 1 aromatic carbocycles. The van der Waals surface area contributed by atoms with Crippen LogP contribution >= 0.6 is 0 Å². The van der Waals surface area contributed by atoms with E-state index in [0.717, 1.165) is 12.8 Å². The van der Waals surface area contributed by atoms with Crippen LogP contribution in [0.1, 0.15) is 18.9 Å². The summed E-state index contributed by atoms with van der Waals surface area (Å²) in [7, 11) is 0. The monoisotopic (exact) mass is 187 g/mol. The Balaban J connectivity index is 1.95. The third-order valence-corrected chi connectivity index (χ3v) is 2.42. The van der Waals surface area contributed by atoms with Gasteiger partial charge in [0.1, 0.15) is 5.54 Å². The van der Waals surface area contributed by atoms with Crippen LogP contribution < -0.4 is 0 Å². The second-order valence-electron chi connectivity index (χ2n) is 3.78. The molecule has 0 saturated heterocycles. The second-order valence-corrected chi connectivity index (χ2v) is 3.78. The summed E-state index contributed by atoms with van der Waals surface area (Å²) in [5.41, 5.74) is 1.15. The van der Waals surface area contributed by atoms with Gasteiger partial charge in [-0.05, 0) is 30.6 Å². The average molecular weight is 187 g/mol. The summed E-state index contributed by atoms with van der Waals surface area (Å²) in [5.74, 6) is 0. The van der Waals surface area contributed by atoms with Gasteiger partial charge in [0.2, 0.25) is 0 Å². The van der Waals surface area contributed by atoms with Crippen LogP contribution in [0.4, 0.5) is 0 Å². The van der Waals surface area contributed by atoms with Crippen molar-refractivity contribution in [3.63, 3.8) is 0 Å². The van der Waals surface area contributed by atoms with Crippen LogP contribution in [0.5, 0.6) is 0 Å². The van der Waals surface area contributed by atoms with Gasteiger partial charge in [-0.2, -0.15) is 5.11 Å². The summed E-state index contributed by atoms with van der Waals surface area (Å²) in [6, 6.07) is 10.4. The van der Waals surface area contributed by atoms with E-state index in [2.05, 4.69) is 46.6 Å². The van der Waals surface area contributed by atoms with Crippen LogP contribution in [0.2, 0.25) is 0 Å². The van der Waals surface area contributed by atoms with Crippen LogP contribution in [-0.4, -0.2) is 11.8 Å². The van der Waals surface area contributed by atoms with E-state index in [1.807, 2.05) is 12.3 Å². The van der Waals surface area contributed by atoms with E-state index in [9.17, 15) is 0 Å². The fourth-order valence-corrected chi connectivity index (χ4v) is 1.46. The highest BCUT2D eigenvalue weighted by Gasteiger charge is 2.23. The van der Waals surface area contributed by atoms with Gasteiger partial charge in [-0.1, -0.05) is 30.3 Å². The lowest BCUT2D eigenvalue weighted by Gasteiger charge is -2.13. The third-order valence-electron chi connectivity index (χ3n) is 2.42. The van der Waals surface area contributed by atoms with Crippen LogP contribution in [0.25, 0.3) is 0 Å². The highest BCUT2D eigenvalue weighted by atomic mass is 15.4. The normalized spacial score (nSPS) is 24.4. The molecular weight excluding hydrogens is 174 g/mol. The van der Waals surface area contributed by atoms with E-state index in [-0.39, 0.29) is 5.54 Å². The number of nitrogens with zero attached hydrogens (tertiary/aromatic N) is 3. The van der Waals surface area contributed by atoms with Crippen LogP contribution in [0.3, 0.4) is 0 Å². The van der Waals surface area contributed by atoms with Gasteiger partial charge in [0.05, 0.1) is 6.21 Å². The lowest BCUT2D eigenvalue weighted by atomic mass is 9.96. The molecule has 1 atom stereocenters. The molecule has 0 aliphatic carbocycles. The smallest absolute Gasteiger partial charge is 0.118 e. The topological polar surface area (TPSA) is 37.1 Å². The van der Waals surface area contributed by atoms with E-state index in [0.29, 0.717) is 0 Å². The van der Waals surface area contributed by atoms with Crippen molar-refractivity contribution in [1.82, 2.24) is 0 Å². The minimum absolute atomic E-state index is 0.185. The van der Waals surface area contributed by atoms with Gasteiger partial charge in [0.25, 0.3) is 0 Å². The molecular formula is C11H13N3. The zero-order valence-electron chi connectivity index (χ0n) is 8.22. The number of hydrogen-bond acceptors (Lipinski definition) is 3. The Morgan fingerprint density at radius 1 is 1.21 bits per heavy atom. The largest absolute Gasteiger partial charge is 0.157 e. The van der Waals surface area contributed by atoms with E-state index in [4.69, 9.17) is 0 Å². The Labute approximate surface area is 83.6 Å². The summed E-state index contributed by atoms with van der Waals surface area (Å²) < 4.78 is 0. The van der Waals surface area contributed by atoms with Gasteiger partial charge in [0, 0.05) is 0 Å². The summed E-state index contributed by atoms with van der Waals surface area (Å²) in [6.07, 6.45) is 3.79. The summed E-state index contributed by atoms with van der Waals surface area (Å²) >= 11 is 0. The minimum atomic E-state index is -0.185. The Morgan fingerprint density at radius 3 is 2.64 bits per heavy atom. The molecule has 1 aliphatic rings. The molecule has 1 aliphatic heterocycles. The first-order valence-electron chi connectivity index (χ1n) is 4.79. The number of hydrogen-bond donors (Lipinski definition) is 0. The number of rotatable bonds is 3. The molecule has 3 heteroatoms. The first-order valence-corrected chi connectivity index (χ1v) is 4.79. The zero-order chi connectivity index (χ0) is 9.86. The van der Waals surface area contributed by atoms with E-state index >= 15 is 0 Å². The van der Waals surface area contributed by atoms with Crippen LogP contribution in [-0.2, 0) is 6.42 Å². The van der Waals surface area contributed by atoms with Crippen molar-refractivity contribution >= 4 is 6.21 Å². The quantitative estimate of drug-likeness (QED) is 0.697. The van der Waals surface area contributed by atoms with Gasteiger partial charge in [0.15, 0.2) is 0 Å². The van der Waals surface area contributed by atoms with Crippen molar-refractivity contribution in [3.8, 4) is 0 Å². The molecule has 72 valence electrons. The number of benzene rings is 1. The van der Waals surface area contributed by atoms with Crippen molar-refractivity contribution in [2.24, 2.45) is 15.4 Å². The lowest BCUT2D eigenvalue weighted by Crippen LogP contribution is -2.21. The Kier molecular flexibility index (Phi) is 2.39. The summed E-state index contributed by atoms with van der Waals surface area (Å²) in [4.78, 5) is 0. The first kappa shape index (κ1) is 9.06. The van der Waals surface area contributed by atoms with Crippen molar-refractivity contribution in [2.45, 2.75) is 25.3 Å². The molecule has 0 aromatic heterocycles. The standard InChI is InChI=1S/C11H13N3/c1-11(9-12-14-13-11)8-7-10-5-3-2-4-6-10/h2-6,9H,7-8H2,1H3. The molecule has 1 heterocycles. The highest BCUT2D eigenvalue weighted by Crippen LogP contribution is 2.20. The third kappa shape index (κ3) is 2.05. The molecule has 1 unspecified atom stereocenters. The fourth-order valence-electron chi connectivity index (χ4n) is 1.46. The van der Waals surface area contributed by atoms with Gasteiger partial charge in [-0.15, -0.1) is 5.10 Å². The van der Waals surface area contributed by atoms with Crippen molar-refractivity contribution in [3.05, 3.63) is 35.9 Å². The molecule has 14 heavy (non-hydrogen) atoms. The molecule has 0 bridgehead atoms. The highest BCUT2D eigenvalue weighted by molar-refractivity contribution is 5.70. The number of aryl methyl sites for hydroxylation is 1. The maximum absolute atomic E-state index is 4.09. The predicted octanol–water partition coefficient (Wildman–Crippen LogP) is 2.83. The minimum Gasteiger partial charge on any atom is -0.157 e. The van der Waals surface area contributed by atoms with Gasteiger partial charge < -0.3 is 0 Å². The first-order chi connectivity index (χ1) is 6.79. The molecule has 1 aromatic rings. The molecule has 0 amide bonds. The van der Waals surface area contributed by atoms with Crippen LogP contribution in [0.15, 0.2) is 45.8 Å². The zero-order valence-corrected chi connectivity index (χ0v) is 8.22. The van der Waals surface area contributed by atoms with Gasteiger partial charge in [-0.25, -0.2) is 0 Å². The van der Waals surface area contributed by atoms with Crippen molar-refractivity contribution in [1.29, 1.82) is 0 Å². The summed E-state index contributed by atoms with van der Waals surface area (Å²) in [5, 5.41) is 11.5. The molecule has 0 spiro atoms. The second kappa shape index (κ2) is 3.70. The Hall–Kier alpha value is -1.51. The molecule has 0 saturated carbocycles. The maximum atomic E-state index is 4.09. The average Bonchev–Trinajstić information content (AvgIpc) is 2.65. The fraction of sp³-hybridized carbons (Fsp3) is 0.364. The molecule has 2 rings (SSSR count). The van der Waals surface area contributed by atoms with Crippen LogP contribution in [0, 0.1) is 0 Å². The van der Waals surface area contributed by atoms with Gasteiger partial charge >= 0.3 is 0 Å². The maximum Gasteiger partial charge on any atom is 0.118 e. The molecule has 0 fully saturated rings. The Morgan fingerprint density at radius 2 is 2.00 bits per heavy atom.